The molecule has 0 aromatic heterocycles. The van der Waals surface area contributed by atoms with Crippen LogP contribution in [0.2, 0.25) is 0 Å². The van der Waals surface area contributed by atoms with E-state index < -0.39 is 28.6 Å². The molecule has 24 heavy (non-hydrogen) atoms. The molecule has 0 heterocycles. The van der Waals surface area contributed by atoms with Gasteiger partial charge >= 0.3 is 29.6 Å². The summed E-state index contributed by atoms with van der Waals surface area (Å²) in [6.45, 7) is 1.83. The molecule has 2 N–H and O–H groups in total. The predicted molar refractivity (Wildman–Crippen MR) is 95.0 cm³/mol. The van der Waals surface area contributed by atoms with E-state index in [9.17, 15) is 8.42 Å². The standard InChI is InChI=1S/C17H36O5S.Na.H/c1-2-3-4-5-6-7-8-9-10-11-12-13-14-22-23(20,21)16-17(19)15-18;;/h17-19H,2-16H2,1H3;;/q;+1;-1. The van der Waals surface area contributed by atoms with Crippen LogP contribution in [0.1, 0.15) is 85.4 Å². The minimum Gasteiger partial charge on any atom is -1.00 e. The Labute approximate surface area is 172 Å². The Balaban J connectivity index is -0.00000242. The molecule has 0 fully saturated rings. The fourth-order valence-corrected chi connectivity index (χ4v) is 3.51. The van der Waals surface area contributed by atoms with Crippen LogP contribution in [-0.2, 0) is 14.3 Å². The molecule has 142 valence electrons. The summed E-state index contributed by atoms with van der Waals surface area (Å²) in [5, 5.41) is 17.7. The zero-order valence-corrected chi connectivity index (χ0v) is 18.5. The molecule has 0 aromatic rings. The van der Waals surface area contributed by atoms with E-state index in [4.69, 9.17) is 14.4 Å². The average Bonchev–Trinajstić information content (AvgIpc) is 2.51. The molecular formula is C17H37NaO5S. The molecule has 0 radical (unpaired) electrons. The molecule has 0 saturated heterocycles. The topological polar surface area (TPSA) is 83.8 Å². The summed E-state index contributed by atoms with van der Waals surface area (Å²) in [4.78, 5) is 0. The summed E-state index contributed by atoms with van der Waals surface area (Å²) < 4.78 is 27.6. The number of aliphatic hydroxyl groups is 2. The van der Waals surface area contributed by atoms with Crippen molar-refractivity contribution in [2.24, 2.45) is 0 Å². The van der Waals surface area contributed by atoms with Gasteiger partial charge in [-0.3, -0.25) is 4.18 Å². The van der Waals surface area contributed by atoms with Gasteiger partial charge in [0.1, 0.15) is 5.75 Å². The van der Waals surface area contributed by atoms with E-state index in [1.54, 1.807) is 0 Å². The van der Waals surface area contributed by atoms with Crippen LogP contribution in [0, 0.1) is 0 Å². The minimum absolute atomic E-state index is 0. The second-order valence-electron chi connectivity index (χ2n) is 6.27. The number of aliphatic hydroxyl groups excluding tert-OH is 2. The summed E-state index contributed by atoms with van der Waals surface area (Å²) >= 11 is 0. The van der Waals surface area contributed by atoms with Crippen LogP contribution in [0.5, 0.6) is 0 Å². The van der Waals surface area contributed by atoms with E-state index in [1.807, 2.05) is 0 Å². The summed E-state index contributed by atoms with van der Waals surface area (Å²) in [5.74, 6) is -0.540. The molecule has 0 amide bonds. The number of hydrogen-bond acceptors (Lipinski definition) is 5. The van der Waals surface area contributed by atoms with Gasteiger partial charge in [0, 0.05) is 0 Å². The predicted octanol–water partition coefficient (Wildman–Crippen LogP) is 0.504. The maximum absolute atomic E-state index is 11.4. The van der Waals surface area contributed by atoms with Crippen molar-refractivity contribution < 1.29 is 53.8 Å². The van der Waals surface area contributed by atoms with E-state index in [0.717, 1.165) is 12.8 Å². The molecule has 1 unspecified atom stereocenters. The molecule has 0 aliphatic rings. The van der Waals surface area contributed by atoms with Crippen LogP contribution in [0.25, 0.3) is 0 Å². The van der Waals surface area contributed by atoms with Crippen molar-refractivity contribution >= 4 is 10.1 Å². The molecule has 0 rings (SSSR count). The first-order valence-corrected chi connectivity index (χ1v) is 10.8. The van der Waals surface area contributed by atoms with Crippen molar-refractivity contribution in [1.82, 2.24) is 0 Å². The van der Waals surface area contributed by atoms with Crippen LogP contribution in [0.15, 0.2) is 0 Å². The smallest absolute Gasteiger partial charge is 1.00 e. The molecule has 0 bridgehead atoms. The van der Waals surface area contributed by atoms with Gasteiger partial charge in [-0.15, -0.1) is 0 Å². The Bertz CT molecular complexity index is 355. The van der Waals surface area contributed by atoms with Crippen molar-refractivity contribution in [2.45, 2.75) is 90.1 Å². The second kappa shape index (κ2) is 18.6. The van der Waals surface area contributed by atoms with Crippen molar-refractivity contribution in [1.29, 1.82) is 0 Å². The summed E-state index contributed by atoms with van der Waals surface area (Å²) in [6, 6.07) is 0. The molecule has 0 spiro atoms. The molecule has 7 heteroatoms. The van der Waals surface area contributed by atoms with Crippen molar-refractivity contribution in [3.63, 3.8) is 0 Å². The molecule has 0 aromatic carbocycles. The molecule has 0 saturated carbocycles. The summed E-state index contributed by atoms with van der Waals surface area (Å²) in [7, 11) is -3.72. The maximum atomic E-state index is 11.4. The van der Waals surface area contributed by atoms with Crippen molar-refractivity contribution in [2.75, 3.05) is 19.0 Å². The van der Waals surface area contributed by atoms with Gasteiger partial charge < -0.3 is 11.6 Å². The first kappa shape index (κ1) is 27.1. The van der Waals surface area contributed by atoms with Crippen molar-refractivity contribution in [3.05, 3.63) is 0 Å². The quantitative estimate of drug-likeness (QED) is 0.219. The Morgan fingerprint density at radius 1 is 0.875 bits per heavy atom. The van der Waals surface area contributed by atoms with Crippen LogP contribution in [0.3, 0.4) is 0 Å². The van der Waals surface area contributed by atoms with E-state index in [1.165, 1.54) is 57.8 Å². The van der Waals surface area contributed by atoms with Gasteiger partial charge in [-0.1, -0.05) is 77.6 Å². The second-order valence-corrected chi connectivity index (χ2v) is 7.96. The van der Waals surface area contributed by atoms with Gasteiger partial charge in [0.05, 0.1) is 19.3 Å². The first-order valence-electron chi connectivity index (χ1n) is 9.18. The van der Waals surface area contributed by atoms with E-state index in [2.05, 4.69) is 6.92 Å². The van der Waals surface area contributed by atoms with Gasteiger partial charge in [-0.05, 0) is 6.42 Å². The van der Waals surface area contributed by atoms with Crippen LogP contribution < -0.4 is 29.6 Å². The largest absolute Gasteiger partial charge is 1.00 e. The number of unbranched alkanes of at least 4 members (excludes halogenated alkanes) is 11. The van der Waals surface area contributed by atoms with Crippen LogP contribution in [0.4, 0.5) is 0 Å². The third kappa shape index (κ3) is 19.2. The summed E-state index contributed by atoms with van der Waals surface area (Å²) in [5.41, 5.74) is 0. The fourth-order valence-electron chi connectivity index (χ4n) is 2.47. The van der Waals surface area contributed by atoms with Crippen molar-refractivity contribution in [3.8, 4) is 0 Å². The molecule has 0 aliphatic carbocycles. The zero-order chi connectivity index (χ0) is 17.4. The molecular weight excluding hydrogens is 339 g/mol. The van der Waals surface area contributed by atoms with Crippen LogP contribution >= 0.6 is 0 Å². The third-order valence-corrected chi connectivity index (χ3v) is 5.19. The Morgan fingerprint density at radius 3 is 1.71 bits per heavy atom. The minimum atomic E-state index is -3.72. The van der Waals surface area contributed by atoms with E-state index in [0.29, 0.717) is 6.42 Å². The zero-order valence-electron chi connectivity index (χ0n) is 16.7. The molecule has 5 nitrogen and oxygen atoms in total. The van der Waals surface area contributed by atoms with Gasteiger partial charge in [0.15, 0.2) is 0 Å². The Hall–Kier alpha value is 0.830. The van der Waals surface area contributed by atoms with E-state index >= 15 is 0 Å². The first-order chi connectivity index (χ1) is 11.0. The number of hydrogen-bond donors (Lipinski definition) is 2. The SMILES string of the molecule is CCCCCCCCCCCCCCOS(=O)(=O)CC(O)CO.[H-].[Na+]. The van der Waals surface area contributed by atoms with Gasteiger partial charge in [0.25, 0.3) is 10.1 Å². The van der Waals surface area contributed by atoms with Gasteiger partial charge in [-0.25, -0.2) is 0 Å². The van der Waals surface area contributed by atoms with Gasteiger partial charge in [-0.2, -0.15) is 8.42 Å². The molecule has 0 aliphatic heterocycles. The normalized spacial score (nSPS) is 12.8. The Morgan fingerprint density at radius 2 is 1.29 bits per heavy atom. The van der Waals surface area contributed by atoms with Crippen LogP contribution in [-0.4, -0.2) is 43.7 Å². The third-order valence-electron chi connectivity index (χ3n) is 3.87. The maximum Gasteiger partial charge on any atom is 1.00 e. The van der Waals surface area contributed by atoms with Gasteiger partial charge in [0.2, 0.25) is 0 Å². The monoisotopic (exact) mass is 376 g/mol. The Kier molecular flexibility index (Phi) is 21.0. The fraction of sp³-hybridized carbons (Fsp3) is 1.00. The number of rotatable bonds is 17. The van der Waals surface area contributed by atoms with E-state index in [-0.39, 0.29) is 37.6 Å². The molecule has 1 atom stereocenters. The summed E-state index contributed by atoms with van der Waals surface area (Å²) in [6.07, 6.45) is 13.4. The average molecular weight is 377 g/mol.